The van der Waals surface area contributed by atoms with Gasteiger partial charge in [-0.1, -0.05) is 39.7 Å². The van der Waals surface area contributed by atoms with E-state index in [4.69, 9.17) is 16.3 Å². The Balaban J connectivity index is 2.09. The van der Waals surface area contributed by atoms with E-state index >= 15 is 0 Å². The van der Waals surface area contributed by atoms with Crippen molar-refractivity contribution in [2.45, 2.75) is 12.5 Å². The molecule has 0 aromatic heterocycles. The first-order chi connectivity index (χ1) is 9.54. The second kappa shape index (κ2) is 6.77. The molecule has 0 aliphatic rings. The van der Waals surface area contributed by atoms with Gasteiger partial charge in [0.25, 0.3) is 0 Å². The van der Waals surface area contributed by atoms with E-state index < -0.39 is 12.1 Å². The maximum absolute atomic E-state index is 11.3. The molecule has 1 unspecified atom stereocenters. The van der Waals surface area contributed by atoms with Gasteiger partial charge in [-0.15, -0.1) is 0 Å². The summed E-state index contributed by atoms with van der Waals surface area (Å²) in [5.41, 5.74) is 0.898. The van der Waals surface area contributed by atoms with E-state index in [0.29, 0.717) is 17.2 Å². The number of ether oxygens (including phenoxy) is 1. The third-order valence-corrected chi connectivity index (χ3v) is 3.48. The molecule has 0 saturated carbocycles. The summed E-state index contributed by atoms with van der Waals surface area (Å²) in [6.45, 7) is 0. The van der Waals surface area contributed by atoms with E-state index in [2.05, 4.69) is 15.9 Å². The maximum atomic E-state index is 11.3. The van der Waals surface area contributed by atoms with Gasteiger partial charge >= 0.3 is 5.97 Å². The highest BCUT2D eigenvalue weighted by Gasteiger charge is 2.20. The number of hydrogen-bond donors (Lipinski definition) is 1. The second-order valence-electron chi connectivity index (χ2n) is 4.23. The van der Waals surface area contributed by atoms with Crippen molar-refractivity contribution in [2.75, 3.05) is 0 Å². The SMILES string of the molecule is O=C(O)C(Cc1ccc(Br)cc1)Oc1ccc(Cl)cc1. The molecule has 0 amide bonds. The van der Waals surface area contributed by atoms with Crippen molar-refractivity contribution in [3.63, 3.8) is 0 Å². The normalized spacial score (nSPS) is 11.9. The van der Waals surface area contributed by atoms with Crippen LogP contribution in [0.1, 0.15) is 5.56 Å². The first-order valence-corrected chi connectivity index (χ1v) is 7.11. The summed E-state index contributed by atoms with van der Waals surface area (Å²) in [6, 6.07) is 14.1. The van der Waals surface area contributed by atoms with Crippen molar-refractivity contribution in [3.05, 3.63) is 63.6 Å². The Morgan fingerprint density at radius 2 is 1.75 bits per heavy atom. The minimum Gasteiger partial charge on any atom is -0.478 e. The van der Waals surface area contributed by atoms with Crippen LogP contribution in [0, 0.1) is 0 Å². The van der Waals surface area contributed by atoms with Gasteiger partial charge < -0.3 is 9.84 Å². The quantitative estimate of drug-likeness (QED) is 0.875. The Bertz CT molecular complexity index is 534. The van der Waals surface area contributed by atoms with Gasteiger partial charge in [-0.3, -0.25) is 0 Å². The lowest BCUT2D eigenvalue weighted by atomic mass is 10.1. The van der Waals surface area contributed by atoms with Crippen LogP contribution in [-0.4, -0.2) is 17.2 Å². The summed E-state index contributed by atoms with van der Waals surface area (Å²) >= 11 is 9.12. The lowest BCUT2D eigenvalue weighted by Crippen LogP contribution is -2.29. The maximum Gasteiger partial charge on any atom is 0.345 e. The molecule has 1 atom stereocenters. The molecule has 1 N–H and O–H groups in total. The third-order valence-electron chi connectivity index (χ3n) is 2.70. The van der Waals surface area contributed by atoms with E-state index in [1.165, 1.54) is 0 Å². The van der Waals surface area contributed by atoms with Crippen LogP contribution < -0.4 is 4.74 Å². The molecule has 104 valence electrons. The molecule has 2 aromatic rings. The summed E-state index contributed by atoms with van der Waals surface area (Å²) in [5, 5.41) is 9.83. The fraction of sp³-hybridized carbons (Fsp3) is 0.133. The molecule has 2 aromatic carbocycles. The number of aliphatic carboxylic acids is 1. The molecule has 2 rings (SSSR count). The molecule has 20 heavy (non-hydrogen) atoms. The standard InChI is InChI=1S/C15H12BrClO3/c16-11-3-1-10(2-4-11)9-14(15(18)19)20-13-7-5-12(17)6-8-13/h1-8,14H,9H2,(H,18,19). The second-order valence-corrected chi connectivity index (χ2v) is 5.58. The van der Waals surface area contributed by atoms with Crippen LogP contribution in [0.2, 0.25) is 5.02 Å². The Hall–Kier alpha value is -1.52. The van der Waals surface area contributed by atoms with Crippen LogP contribution in [0.5, 0.6) is 5.75 Å². The molecule has 0 aliphatic heterocycles. The summed E-state index contributed by atoms with van der Waals surface area (Å²) in [4.78, 5) is 11.3. The molecule has 0 radical (unpaired) electrons. The predicted molar refractivity (Wildman–Crippen MR) is 81.3 cm³/mol. The fourth-order valence-corrected chi connectivity index (χ4v) is 2.08. The van der Waals surface area contributed by atoms with Gasteiger partial charge in [0.05, 0.1) is 0 Å². The molecule has 0 bridgehead atoms. The van der Waals surface area contributed by atoms with Crippen molar-refractivity contribution in [1.29, 1.82) is 0 Å². The van der Waals surface area contributed by atoms with Crippen LogP contribution in [0.3, 0.4) is 0 Å². The van der Waals surface area contributed by atoms with Gasteiger partial charge in [-0.25, -0.2) is 4.79 Å². The molecule has 5 heteroatoms. The number of benzene rings is 2. The van der Waals surface area contributed by atoms with Crippen LogP contribution in [-0.2, 0) is 11.2 Å². The highest BCUT2D eigenvalue weighted by Crippen LogP contribution is 2.19. The van der Waals surface area contributed by atoms with Gasteiger partial charge in [0.1, 0.15) is 5.75 Å². The molecule has 0 spiro atoms. The van der Waals surface area contributed by atoms with Gasteiger partial charge in [0.15, 0.2) is 6.10 Å². The van der Waals surface area contributed by atoms with Gasteiger partial charge in [0, 0.05) is 15.9 Å². The Morgan fingerprint density at radius 3 is 2.30 bits per heavy atom. The van der Waals surface area contributed by atoms with Crippen molar-refractivity contribution >= 4 is 33.5 Å². The van der Waals surface area contributed by atoms with Crippen LogP contribution in [0.25, 0.3) is 0 Å². The summed E-state index contributed by atoms with van der Waals surface area (Å²) in [5.74, 6) is -0.512. The van der Waals surface area contributed by atoms with E-state index in [-0.39, 0.29) is 0 Å². The largest absolute Gasteiger partial charge is 0.478 e. The van der Waals surface area contributed by atoms with E-state index in [1.54, 1.807) is 24.3 Å². The molecular formula is C15H12BrClO3. The number of carboxylic acid groups (broad SMARTS) is 1. The van der Waals surface area contributed by atoms with Gasteiger partial charge in [0.2, 0.25) is 0 Å². The molecule has 0 saturated heterocycles. The zero-order valence-electron chi connectivity index (χ0n) is 10.4. The zero-order chi connectivity index (χ0) is 14.5. The predicted octanol–water partition coefficient (Wildman–Crippen LogP) is 4.18. The van der Waals surface area contributed by atoms with Crippen LogP contribution in [0.15, 0.2) is 53.0 Å². The minimum atomic E-state index is -0.997. The van der Waals surface area contributed by atoms with Crippen molar-refractivity contribution in [3.8, 4) is 5.75 Å². The van der Waals surface area contributed by atoms with Crippen molar-refractivity contribution in [1.82, 2.24) is 0 Å². The highest BCUT2D eigenvalue weighted by atomic mass is 79.9. The van der Waals surface area contributed by atoms with Crippen molar-refractivity contribution < 1.29 is 14.6 Å². The van der Waals surface area contributed by atoms with E-state index in [1.807, 2.05) is 24.3 Å². The average Bonchev–Trinajstić information content (AvgIpc) is 2.42. The van der Waals surface area contributed by atoms with E-state index in [0.717, 1.165) is 10.0 Å². The number of hydrogen-bond acceptors (Lipinski definition) is 2. The van der Waals surface area contributed by atoms with Crippen molar-refractivity contribution in [2.24, 2.45) is 0 Å². The molecule has 3 nitrogen and oxygen atoms in total. The number of carbonyl (C=O) groups is 1. The fourth-order valence-electron chi connectivity index (χ4n) is 1.69. The molecule has 0 heterocycles. The topological polar surface area (TPSA) is 46.5 Å². The lowest BCUT2D eigenvalue weighted by Gasteiger charge is -2.15. The van der Waals surface area contributed by atoms with E-state index in [9.17, 15) is 9.90 Å². The summed E-state index contributed by atoms with van der Waals surface area (Å²) in [6.07, 6.45) is -0.636. The molecule has 0 aliphatic carbocycles. The Morgan fingerprint density at radius 1 is 1.15 bits per heavy atom. The highest BCUT2D eigenvalue weighted by molar-refractivity contribution is 9.10. The van der Waals surface area contributed by atoms with Crippen LogP contribution >= 0.6 is 27.5 Å². The first kappa shape index (κ1) is 14.9. The smallest absolute Gasteiger partial charge is 0.345 e. The monoisotopic (exact) mass is 354 g/mol. The zero-order valence-corrected chi connectivity index (χ0v) is 12.8. The lowest BCUT2D eigenvalue weighted by molar-refractivity contribution is -0.145. The van der Waals surface area contributed by atoms with Gasteiger partial charge in [-0.05, 0) is 42.0 Å². The van der Waals surface area contributed by atoms with Crippen LogP contribution in [0.4, 0.5) is 0 Å². The molecule has 0 fully saturated rings. The minimum absolute atomic E-state index is 0.297. The number of rotatable bonds is 5. The Kier molecular flexibility index (Phi) is 5.04. The summed E-state index contributed by atoms with van der Waals surface area (Å²) in [7, 11) is 0. The number of carboxylic acids is 1. The van der Waals surface area contributed by atoms with Gasteiger partial charge in [-0.2, -0.15) is 0 Å². The summed E-state index contributed by atoms with van der Waals surface area (Å²) < 4.78 is 6.45. The Labute approximate surface area is 130 Å². The first-order valence-electron chi connectivity index (χ1n) is 5.94. The third kappa shape index (κ3) is 4.25. The molecular weight excluding hydrogens is 344 g/mol. The average molecular weight is 356 g/mol. The number of halogens is 2.